The molecule has 1 aromatic carbocycles. The van der Waals surface area contributed by atoms with Crippen molar-refractivity contribution in [3.05, 3.63) is 29.8 Å². The van der Waals surface area contributed by atoms with E-state index in [2.05, 4.69) is 54.3 Å². The van der Waals surface area contributed by atoms with Gasteiger partial charge in [0.2, 0.25) is 0 Å². The molecule has 2 atom stereocenters. The molecule has 1 N–H and O–H groups in total. The van der Waals surface area contributed by atoms with Gasteiger partial charge in [0.05, 0.1) is 7.11 Å². The molecule has 0 aliphatic carbocycles. The fourth-order valence-electron chi connectivity index (χ4n) is 3.15. The Morgan fingerprint density at radius 3 is 2.76 bits per heavy atom. The van der Waals surface area contributed by atoms with E-state index in [1.807, 2.05) is 6.07 Å². The molecule has 0 radical (unpaired) electrons. The summed E-state index contributed by atoms with van der Waals surface area (Å²) in [6.45, 7) is 6.57. The van der Waals surface area contributed by atoms with Crippen molar-refractivity contribution < 1.29 is 4.74 Å². The smallest absolute Gasteiger partial charge is 0.123 e. The number of piperazine rings is 1. The lowest BCUT2D eigenvalue weighted by Gasteiger charge is -2.39. The van der Waals surface area contributed by atoms with Gasteiger partial charge < -0.3 is 19.9 Å². The first-order valence-electron chi connectivity index (χ1n) is 7.90. The monoisotopic (exact) mass is 291 g/mol. The molecule has 21 heavy (non-hydrogen) atoms. The molecule has 2 rings (SSSR count). The first-order chi connectivity index (χ1) is 10.2. The van der Waals surface area contributed by atoms with Gasteiger partial charge >= 0.3 is 0 Å². The van der Waals surface area contributed by atoms with Crippen LogP contribution in [0.1, 0.15) is 24.9 Å². The van der Waals surface area contributed by atoms with Crippen LogP contribution in [-0.4, -0.2) is 63.2 Å². The molecule has 1 fully saturated rings. The maximum Gasteiger partial charge on any atom is 0.123 e. The van der Waals surface area contributed by atoms with Gasteiger partial charge in [0.1, 0.15) is 5.75 Å². The van der Waals surface area contributed by atoms with Crippen LogP contribution in [-0.2, 0) is 0 Å². The molecule has 118 valence electrons. The van der Waals surface area contributed by atoms with Crippen molar-refractivity contribution in [3.63, 3.8) is 0 Å². The zero-order valence-corrected chi connectivity index (χ0v) is 13.8. The summed E-state index contributed by atoms with van der Waals surface area (Å²) in [5, 5.41) is 3.63. The number of likely N-dealkylation sites (N-methyl/N-ethyl adjacent to an activating group) is 2. The molecule has 0 aromatic heterocycles. The summed E-state index contributed by atoms with van der Waals surface area (Å²) in [5.74, 6) is 0.982. The van der Waals surface area contributed by atoms with Gasteiger partial charge in [-0.3, -0.25) is 0 Å². The molecule has 0 saturated carbocycles. The number of nitrogens with one attached hydrogen (secondary N) is 1. The standard InChI is InChI=1S/C17H29N3O/c1-5-18-16(15-8-6-7-9-17(15)21-4)12-14-13-19(2)10-11-20(14)3/h6-9,14,16,18H,5,10-13H2,1-4H3. The van der Waals surface area contributed by atoms with Gasteiger partial charge in [-0.2, -0.15) is 0 Å². The Morgan fingerprint density at radius 2 is 2.05 bits per heavy atom. The van der Waals surface area contributed by atoms with Crippen LogP contribution in [0.5, 0.6) is 5.75 Å². The van der Waals surface area contributed by atoms with Crippen LogP contribution in [0.15, 0.2) is 24.3 Å². The van der Waals surface area contributed by atoms with E-state index in [9.17, 15) is 0 Å². The molecule has 4 heteroatoms. The van der Waals surface area contributed by atoms with Gasteiger partial charge in [0.25, 0.3) is 0 Å². The SMILES string of the molecule is CCNC(CC1CN(C)CCN1C)c1ccccc1OC. The minimum atomic E-state index is 0.338. The highest BCUT2D eigenvalue weighted by Crippen LogP contribution is 2.29. The molecule has 1 heterocycles. The number of nitrogens with zero attached hydrogens (tertiary/aromatic N) is 2. The largest absolute Gasteiger partial charge is 0.496 e. The van der Waals surface area contributed by atoms with Crippen molar-refractivity contribution >= 4 is 0 Å². The Kier molecular flexibility index (Phi) is 6.03. The van der Waals surface area contributed by atoms with Crippen molar-refractivity contribution in [1.29, 1.82) is 0 Å². The number of hydrogen-bond acceptors (Lipinski definition) is 4. The molecule has 1 saturated heterocycles. The highest BCUT2D eigenvalue weighted by molar-refractivity contribution is 5.36. The zero-order valence-electron chi connectivity index (χ0n) is 13.8. The molecule has 0 amide bonds. The van der Waals surface area contributed by atoms with E-state index in [4.69, 9.17) is 4.74 Å². The minimum absolute atomic E-state index is 0.338. The fraction of sp³-hybridized carbons (Fsp3) is 0.647. The molecule has 4 nitrogen and oxygen atoms in total. The Balaban J connectivity index is 2.14. The zero-order chi connectivity index (χ0) is 15.2. The van der Waals surface area contributed by atoms with Crippen molar-refractivity contribution in [2.45, 2.75) is 25.4 Å². The van der Waals surface area contributed by atoms with Gasteiger partial charge in [-0.15, -0.1) is 0 Å². The highest BCUT2D eigenvalue weighted by Gasteiger charge is 2.26. The number of para-hydroxylation sites is 1. The van der Waals surface area contributed by atoms with Crippen molar-refractivity contribution in [2.75, 3.05) is 47.4 Å². The van der Waals surface area contributed by atoms with Gasteiger partial charge in [-0.25, -0.2) is 0 Å². The lowest BCUT2D eigenvalue weighted by atomic mass is 9.96. The average molecular weight is 291 g/mol. The van der Waals surface area contributed by atoms with Crippen molar-refractivity contribution in [1.82, 2.24) is 15.1 Å². The van der Waals surface area contributed by atoms with E-state index in [1.54, 1.807) is 7.11 Å². The summed E-state index contributed by atoms with van der Waals surface area (Å²) in [5.41, 5.74) is 1.27. The van der Waals surface area contributed by atoms with Crippen molar-refractivity contribution in [3.8, 4) is 5.75 Å². The van der Waals surface area contributed by atoms with E-state index in [-0.39, 0.29) is 0 Å². The first kappa shape index (κ1) is 16.3. The maximum absolute atomic E-state index is 5.55. The maximum atomic E-state index is 5.55. The summed E-state index contributed by atoms with van der Waals surface area (Å²) >= 11 is 0. The second-order valence-electron chi connectivity index (χ2n) is 5.98. The van der Waals surface area contributed by atoms with Crippen LogP contribution < -0.4 is 10.1 Å². The predicted molar refractivity (Wildman–Crippen MR) is 87.9 cm³/mol. The molecular formula is C17H29N3O. The third-order valence-electron chi connectivity index (χ3n) is 4.45. The number of hydrogen-bond donors (Lipinski definition) is 1. The van der Waals surface area contributed by atoms with Crippen molar-refractivity contribution in [2.24, 2.45) is 0 Å². The molecule has 2 unspecified atom stereocenters. The molecular weight excluding hydrogens is 262 g/mol. The molecule has 0 bridgehead atoms. The van der Waals surface area contributed by atoms with Gasteiger partial charge in [-0.1, -0.05) is 25.1 Å². The predicted octanol–water partition coefficient (Wildman–Crippen LogP) is 1.98. The molecule has 1 aliphatic heterocycles. The summed E-state index contributed by atoms with van der Waals surface area (Å²) in [6.07, 6.45) is 1.11. The number of rotatable bonds is 6. The van der Waals surface area contributed by atoms with E-state index in [1.165, 1.54) is 5.56 Å². The van der Waals surface area contributed by atoms with Crippen LogP contribution in [0.2, 0.25) is 0 Å². The van der Waals surface area contributed by atoms with Gasteiger partial charge in [0, 0.05) is 37.3 Å². The van der Waals surface area contributed by atoms with Crippen LogP contribution in [0, 0.1) is 0 Å². The third kappa shape index (κ3) is 4.19. The summed E-state index contributed by atoms with van der Waals surface area (Å²) in [4.78, 5) is 4.91. The fourth-order valence-corrected chi connectivity index (χ4v) is 3.15. The van der Waals surface area contributed by atoms with E-state index >= 15 is 0 Å². The summed E-state index contributed by atoms with van der Waals surface area (Å²) in [6, 6.07) is 9.28. The van der Waals surface area contributed by atoms with Gasteiger partial charge in [0.15, 0.2) is 0 Å². The Morgan fingerprint density at radius 1 is 1.29 bits per heavy atom. The molecule has 1 aromatic rings. The number of benzene rings is 1. The Labute approximate surface area is 129 Å². The van der Waals surface area contributed by atoms with Crippen LogP contribution in [0.3, 0.4) is 0 Å². The highest BCUT2D eigenvalue weighted by atomic mass is 16.5. The van der Waals surface area contributed by atoms with E-state index in [0.29, 0.717) is 12.1 Å². The lowest BCUT2D eigenvalue weighted by molar-refractivity contribution is 0.101. The number of methoxy groups -OCH3 is 1. The molecule has 1 aliphatic rings. The first-order valence-corrected chi connectivity index (χ1v) is 7.90. The third-order valence-corrected chi connectivity index (χ3v) is 4.45. The minimum Gasteiger partial charge on any atom is -0.496 e. The lowest BCUT2D eigenvalue weighted by Crippen LogP contribution is -2.51. The Hall–Kier alpha value is -1.10. The normalized spacial score (nSPS) is 22.2. The number of ether oxygens (including phenoxy) is 1. The van der Waals surface area contributed by atoms with E-state index < -0.39 is 0 Å². The topological polar surface area (TPSA) is 27.7 Å². The second-order valence-corrected chi connectivity index (χ2v) is 5.98. The Bertz CT molecular complexity index is 438. The van der Waals surface area contributed by atoms with Gasteiger partial charge in [-0.05, 0) is 33.1 Å². The van der Waals surface area contributed by atoms with Crippen LogP contribution in [0.4, 0.5) is 0 Å². The average Bonchev–Trinajstić information content (AvgIpc) is 2.50. The quantitative estimate of drug-likeness (QED) is 0.867. The summed E-state index contributed by atoms with van der Waals surface area (Å²) in [7, 11) is 6.20. The summed E-state index contributed by atoms with van der Waals surface area (Å²) < 4.78 is 5.55. The second kappa shape index (κ2) is 7.78. The van der Waals surface area contributed by atoms with Crippen LogP contribution >= 0.6 is 0 Å². The molecule has 0 spiro atoms. The van der Waals surface area contributed by atoms with E-state index in [0.717, 1.165) is 38.3 Å². The van der Waals surface area contributed by atoms with Crippen LogP contribution in [0.25, 0.3) is 0 Å².